The molecule has 0 spiro atoms. The van der Waals surface area contributed by atoms with Crippen LogP contribution in [-0.2, 0) is 6.42 Å². The van der Waals surface area contributed by atoms with Gasteiger partial charge in [-0.25, -0.2) is 4.98 Å². The summed E-state index contributed by atoms with van der Waals surface area (Å²) in [6.45, 7) is 2.78. The summed E-state index contributed by atoms with van der Waals surface area (Å²) in [6, 6.07) is 20.0. The van der Waals surface area contributed by atoms with E-state index in [4.69, 9.17) is 11.6 Å². The van der Waals surface area contributed by atoms with Gasteiger partial charge < -0.3 is 10.6 Å². The molecule has 0 saturated heterocycles. The van der Waals surface area contributed by atoms with Gasteiger partial charge in [0.05, 0.1) is 10.7 Å². The van der Waals surface area contributed by atoms with Gasteiger partial charge in [-0.3, -0.25) is 0 Å². The summed E-state index contributed by atoms with van der Waals surface area (Å²) in [4.78, 5) is 8.97. The lowest BCUT2D eigenvalue weighted by molar-refractivity contribution is 0.851. The number of nitrogens with one attached hydrogen (secondary N) is 2. The van der Waals surface area contributed by atoms with E-state index in [0.29, 0.717) is 11.0 Å². The minimum Gasteiger partial charge on any atom is -0.354 e. The second-order valence-corrected chi connectivity index (χ2v) is 6.25. The fourth-order valence-electron chi connectivity index (χ4n) is 2.55. The van der Waals surface area contributed by atoms with Crippen molar-refractivity contribution in [3.05, 3.63) is 76.9 Å². The first-order valence-electron chi connectivity index (χ1n) is 8.36. The van der Waals surface area contributed by atoms with Gasteiger partial charge in [-0.15, -0.1) is 0 Å². The molecule has 1 aromatic heterocycles. The van der Waals surface area contributed by atoms with Crippen molar-refractivity contribution in [3.8, 4) is 0 Å². The molecule has 5 heteroatoms. The largest absolute Gasteiger partial charge is 0.354 e. The number of rotatable bonds is 7. The maximum atomic E-state index is 6.19. The number of nitrogens with zero attached hydrogens (tertiary/aromatic N) is 2. The summed E-state index contributed by atoms with van der Waals surface area (Å²) in [6.07, 6.45) is 2.05. The predicted octanol–water partition coefficient (Wildman–Crippen LogP) is 5.23. The van der Waals surface area contributed by atoms with Gasteiger partial charge in [0, 0.05) is 18.3 Å². The second kappa shape index (κ2) is 8.49. The Morgan fingerprint density at radius 3 is 2.52 bits per heavy atom. The van der Waals surface area contributed by atoms with Gasteiger partial charge in [-0.05, 0) is 37.5 Å². The zero-order valence-corrected chi connectivity index (χ0v) is 14.9. The quantitative estimate of drug-likeness (QED) is 0.572. The van der Waals surface area contributed by atoms with E-state index in [2.05, 4.69) is 44.9 Å². The Kier molecular flexibility index (Phi) is 5.86. The summed E-state index contributed by atoms with van der Waals surface area (Å²) >= 11 is 6.19. The van der Waals surface area contributed by atoms with Crippen molar-refractivity contribution in [2.45, 2.75) is 19.8 Å². The van der Waals surface area contributed by atoms with Gasteiger partial charge in [0.15, 0.2) is 0 Å². The molecule has 0 aliphatic rings. The van der Waals surface area contributed by atoms with Crippen LogP contribution in [0, 0.1) is 6.92 Å². The third-order valence-corrected chi connectivity index (χ3v) is 4.09. The molecule has 0 unspecified atom stereocenters. The molecular weight excluding hydrogens is 332 g/mol. The Morgan fingerprint density at radius 2 is 1.72 bits per heavy atom. The van der Waals surface area contributed by atoms with Crippen LogP contribution in [0.25, 0.3) is 0 Å². The van der Waals surface area contributed by atoms with Gasteiger partial charge >= 0.3 is 0 Å². The molecule has 0 aliphatic heterocycles. The van der Waals surface area contributed by atoms with Crippen molar-refractivity contribution in [1.29, 1.82) is 0 Å². The highest BCUT2D eigenvalue weighted by Crippen LogP contribution is 2.24. The van der Waals surface area contributed by atoms with Crippen molar-refractivity contribution in [1.82, 2.24) is 9.97 Å². The molecule has 1 heterocycles. The second-order valence-electron chi connectivity index (χ2n) is 5.84. The molecule has 0 saturated carbocycles. The molecule has 2 aromatic carbocycles. The highest BCUT2D eigenvalue weighted by molar-refractivity contribution is 6.33. The van der Waals surface area contributed by atoms with E-state index in [-0.39, 0.29) is 0 Å². The van der Waals surface area contributed by atoms with E-state index in [1.54, 1.807) is 0 Å². The number of anilines is 3. The molecule has 0 fully saturated rings. The van der Waals surface area contributed by atoms with E-state index < -0.39 is 0 Å². The number of hydrogen-bond donors (Lipinski definition) is 2. The minimum absolute atomic E-state index is 0.627. The van der Waals surface area contributed by atoms with Crippen LogP contribution in [0.3, 0.4) is 0 Å². The van der Waals surface area contributed by atoms with E-state index in [1.165, 1.54) is 5.56 Å². The first-order valence-corrected chi connectivity index (χ1v) is 8.73. The van der Waals surface area contributed by atoms with Crippen LogP contribution in [0.2, 0.25) is 5.02 Å². The Balaban J connectivity index is 1.59. The van der Waals surface area contributed by atoms with E-state index >= 15 is 0 Å². The molecule has 128 valence electrons. The lowest BCUT2D eigenvalue weighted by atomic mass is 10.1. The smallest absolute Gasteiger partial charge is 0.224 e. The van der Waals surface area contributed by atoms with Crippen LogP contribution in [0.15, 0.2) is 60.7 Å². The third kappa shape index (κ3) is 5.19. The first-order chi connectivity index (χ1) is 12.2. The highest BCUT2D eigenvalue weighted by atomic mass is 35.5. The van der Waals surface area contributed by atoms with Crippen LogP contribution in [0.4, 0.5) is 17.5 Å². The molecule has 0 amide bonds. The molecule has 4 nitrogen and oxygen atoms in total. The van der Waals surface area contributed by atoms with E-state index in [1.807, 2.05) is 43.3 Å². The molecule has 2 N–H and O–H groups in total. The molecule has 0 radical (unpaired) electrons. The molecule has 0 atom stereocenters. The van der Waals surface area contributed by atoms with Gasteiger partial charge in [0.2, 0.25) is 5.95 Å². The minimum atomic E-state index is 0.627. The number of hydrogen-bond acceptors (Lipinski definition) is 4. The van der Waals surface area contributed by atoms with Crippen molar-refractivity contribution < 1.29 is 0 Å². The summed E-state index contributed by atoms with van der Waals surface area (Å²) in [5, 5.41) is 7.21. The summed E-state index contributed by atoms with van der Waals surface area (Å²) < 4.78 is 0. The standard InChI is InChI=1S/C20H21ClN4/c1-15-14-19(24-18-12-6-5-11-17(18)21)25-20(23-15)22-13-7-10-16-8-3-2-4-9-16/h2-6,8-9,11-12,14H,7,10,13H2,1H3,(H2,22,23,24,25). The zero-order valence-electron chi connectivity index (χ0n) is 14.2. The van der Waals surface area contributed by atoms with Crippen LogP contribution >= 0.6 is 11.6 Å². The van der Waals surface area contributed by atoms with Crippen molar-refractivity contribution in [2.24, 2.45) is 0 Å². The van der Waals surface area contributed by atoms with Crippen LogP contribution in [-0.4, -0.2) is 16.5 Å². The van der Waals surface area contributed by atoms with Crippen molar-refractivity contribution in [3.63, 3.8) is 0 Å². The van der Waals surface area contributed by atoms with Crippen molar-refractivity contribution in [2.75, 3.05) is 17.2 Å². The summed E-state index contributed by atoms with van der Waals surface area (Å²) in [7, 11) is 0. The number of para-hydroxylation sites is 1. The first kappa shape index (κ1) is 17.2. The number of aromatic nitrogens is 2. The fourth-order valence-corrected chi connectivity index (χ4v) is 2.73. The molecule has 3 aromatic rings. The predicted molar refractivity (Wildman–Crippen MR) is 105 cm³/mol. The normalized spacial score (nSPS) is 10.5. The lowest BCUT2D eigenvalue weighted by Crippen LogP contribution is -2.08. The number of benzene rings is 2. The van der Waals surface area contributed by atoms with E-state index in [9.17, 15) is 0 Å². The van der Waals surface area contributed by atoms with Crippen LogP contribution in [0.5, 0.6) is 0 Å². The van der Waals surface area contributed by atoms with Crippen LogP contribution < -0.4 is 10.6 Å². The fraction of sp³-hybridized carbons (Fsp3) is 0.200. The van der Waals surface area contributed by atoms with E-state index in [0.717, 1.165) is 36.6 Å². The van der Waals surface area contributed by atoms with Gasteiger partial charge in [-0.2, -0.15) is 4.98 Å². The van der Waals surface area contributed by atoms with Gasteiger partial charge in [-0.1, -0.05) is 54.1 Å². The summed E-state index contributed by atoms with van der Waals surface area (Å²) in [5.74, 6) is 1.36. The SMILES string of the molecule is Cc1cc(Nc2ccccc2Cl)nc(NCCCc2ccccc2)n1. The molecule has 3 rings (SSSR count). The molecule has 0 bridgehead atoms. The Hall–Kier alpha value is -2.59. The summed E-state index contributed by atoms with van der Waals surface area (Å²) in [5.41, 5.74) is 3.07. The topological polar surface area (TPSA) is 49.8 Å². The number of aryl methyl sites for hydroxylation is 2. The molecule has 25 heavy (non-hydrogen) atoms. The third-order valence-electron chi connectivity index (χ3n) is 3.76. The average Bonchev–Trinajstić information content (AvgIpc) is 2.61. The Morgan fingerprint density at radius 1 is 0.960 bits per heavy atom. The Bertz CT molecular complexity index is 821. The molecule has 0 aliphatic carbocycles. The highest BCUT2D eigenvalue weighted by Gasteiger charge is 2.05. The average molecular weight is 353 g/mol. The Labute approximate surface area is 153 Å². The van der Waals surface area contributed by atoms with Crippen LogP contribution in [0.1, 0.15) is 17.7 Å². The monoisotopic (exact) mass is 352 g/mol. The zero-order chi connectivity index (χ0) is 17.5. The van der Waals surface area contributed by atoms with Gasteiger partial charge in [0.25, 0.3) is 0 Å². The molecular formula is C20H21ClN4. The van der Waals surface area contributed by atoms with Crippen molar-refractivity contribution >= 4 is 29.1 Å². The maximum Gasteiger partial charge on any atom is 0.224 e. The van der Waals surface area contributed by atoms with Gasteiger partial charge in [0.1, 0.15) is 5.82 Å². The lowest BCUT2D eigenvalue weighted by Gasteiger charge is -2.11. The maximum absolute atomic E-state index is 6.19. The number of halogens is 1.